The molecule has 6 heteroatoms. The summed E-state index contributed by atoms with van der Waals surface area (Å²) < 4.78 is 0. The van der Waals surface area contributed by atoms with Gasteiger partial charge in [-0.15, -0.1) is 0 Å². The third-order valence-corrected chi connectivity index (χ3v) is 8.89. The van der Waals surface area contributed by atoms with Crippen molar-refractivity contribution in [3.63, 3.8) is 0 Å². The van der Waals surface area contributed by atoms with Crippen molar-refractivity contribution < 1.29 is 14.7 Å². The van der Waals surface area contributed by atoms with Gasteiger partial charge in [-0.2, -0.15) is 0 Å². The Kier molecular flexibility index (Phi) is 5.60. The van der Waals surface area contributed by atoms with Crippen LogP contribution in [0.15, 0.2) is 0 Å². The Labute approximate surface area is 175 Å². The number of carbonyl (C=O) groups excluding carboxylic acids is 1. The third kappa shape index (κ3) is 3.77. The average Bonchev–Trinajstić information content (AvgIpc) is 3.11. The molecule has 2 saturated heterocycles. The van der Waals surface area contributed by atoms with Crippen LogP contribution in [0.5, 0.6) is 0 Å². The van der Waals surface area contributed by atoms with Crippen LogP contribution in [0.25, 0.3) is 0 Å². The Morgan fingerprint density at radius 3 is 2.31 bits per heavy atom. The second-order valence-corrected chi connectivity index (χ2v) is 10.7. The van der Waals surface area contributed by atoms with E-state index in [9.17, 15) is 14.7 Å². The van der Waals surface area contributed by atoms with Gasteiger partial charge >= 0.3 is 6.09 Å². The Morgan fingerprint density at radius 1 is 1.14 bits per heavy atom. The van der Waals surface area contributed by atoms with Crippen molar-refractivity contribution in [2.24, 2.45) is 16.7 Å². The Balaban J connectivity index is 1.32. The first-order valence-corrected chi connectivity index (χ1v) is 11.8. The third-order valence-electron chi connectivity index (χ3n) is 8.89. The molecule has 4 aliphatic rings. The summed E-state index contributed by atoms with van der Waals surface area (Å²) in [6.45, 7) is 10.9. The van der Waals surface area contributed by atoms with Crippen molar-refractivity contribution in [2.75, 3.05) is 32.7 Å². The van der Waals surface area contributed by atoms with Gasteiger partial charge in [0, 0.05) is 51.7 Å². The van der Waals surface area contributed by atoms with Gasteiger partial charge in [0.1, 0.15) is 0 Å². The van der Waals surface area contributed by atoms with Crippen LogP contribution in [0, 0.1) is 16.7 Å². The van der Waals surface area contributed by atoms with Gasteiger partial charge in [-0.05, 0) is 55.3 Å². The second kappa shape index (κ2) is 7.75. The van der Waals surface area contributed by atoms with Crippen LogP contribution in [0.4, 0.5) is 4.79 Å². The minimum Gasteiger partial charge on any atom is -0.465 e. The SMILES string of the molecule is CCC1C(N2CCC(N(CC3(C)CCC3)C(C)=O)CC2)CC12CCN(C(=O)O)C2. The highest BCUT2D eigenvalue weighted by Gasteiger charge is 2.58. The van der Waals surface area contributed by atoms with Crippen molar-refractivity contribution in [1.29, 1.82) is 0 Å². The zero-order valence-corrected chi connectivity index (χ0v) is 18.5. The maximum absolute atomic E-state index is 12.4. The number of carbonyl (C=O) groups is 2. The average molecular weight is 406 g/mol. The summed E-state index contributed by atoms with van der Waals surface area (Å²) in [5, 5.41) is 9.35. The smallest absolute Gasteiger partial charge is 0.407 e. The molecule has 3 unspecified atom stereocenters. The first-order valence-electron chi connectivity index (χ1n) is 11.8. The van der Waals surface area contributed by atoms with E-state index in [0.717, 1.165) is 58.3 Å². The Morgan fingerprint density at radius 2 is 1.83 bits per heavy atom. The molecule has 0 bridgehead atoms. The molecule has 29 heavy (non-hydrogen) atoms. The topological polar surface area (TPSA) is 64.1 Å². The van der Waals surface area contributed by atoms with Crippen LogP contribution in [0.3, 0.4) is 0 Å². The van der Waals surface area contributed by atoms with Crippen LogP contribution in [-0.2, 0) is 4.79 Å². The second-order valence-electron chi connectivity index (χ2n) is 10.7. The summed E-state index contributed by atoms with van der Waals surface area (Å²) in [7, 11) is 0. The highest BCUT2D eigenvalue weighted by Crippen LogP contribution is 2.56. The summed E-state index contributed by atoms with van der Waals surface area (Å²) in [5.74, 6) is 0.853. The van der Waals surface area contributed by atoms with E-state index in [-0.39, 0.29) is 11.3 Å². The summed E-state index contributed by atoms with van der Waals surface area (Å²) in [6, 6.07) is 0.994. The van der Waals surface area contributed by atoms with Crippen molar-refractivity contribution in [3.05, 3.63) is 0 Å². The fraction of sp³-hybridized carbons (Fsp3) is 0.913. The molecule has 2 heterocycles. The first kappa shape index (κ1) is 21.0. The number of rotatable bonds is 5. The summed E-state index contributed by atoms with van der Waals surface area (Å²) in [6.07, 6.45) is 8.53. The highest BCUT2D eigenvalue weighted by molar-refractivity contribution is 5.73. The van der Waals surface area contributed by atoms with Gasteiger partial charge < -0.3 is 14.9 Å². The number of amides is 2. The predicted octanol–water partition coefficient (Wildman–Crippen LogP) is 3.66. The predicted molar refractivity (Wildman–Crippen MR) is 113 cm³/mol. The molecule has 2 aliphatic heterocycles. The van der Waals surface area contributed by atoms with Crippen LogP contribution < -0.4 is 0 Å². The molecular formula is C23H39N3O3. The molecular weight excluding hydrogens is 366 g/mol. The lowest BCUT2D eigenvalue weighted by molar-refractivity contribution is -0.136. The molecule has 6 nitrogen and oxygen atoms in total. The van der Waals surface area contributed by atoms with Crippen molar-refractivity contribution in [2.45, 2.75) is 84.2 Å². The molecule has 0 aromatic carbocycles. The monoisotopic (exact) mass is 405 g/mol. The van der Waals surface area contributed by atoms with Gasteiger partial charge in [0.25, 0.3) is 0 Å². The summed E-state index contributed by atoms with van der Waals surface area (Å²) >= 11 is 0. The van der Waals surface area contributed by atoms with Crippen molar-refractivity contribution in [3.8, 4) is 0 Å². The van der Waals surface area contributed by atoms with E-state index in [2.05, 4.69) is 23.6 Å². The molecule has 4 rings (SSSR count). The number of nitrogens with zero attached hydrogens (tertiary/aromatic N) is 3. The van der Waals surface area contributed by atoms with Crippen molar-refractivity contribution >= 4 is 12.0 Å². The maximum atomic E-state index is 12.4. The van der Waals surface area contributed by atoms with Gasteiger partial charge in [0.15, 0.2) is 0 Å². The first-order chi connectivity index (χ1) is 13.8. The fourth-order valence-corrected chi connectivity index (χ4v) is 6.95. The molecule has 0 aromatic rings. The number of carboxylic acid groups (broad SMARTS) is 1. The minimum absolute atomic E-state index is 0.221. The zero-order valence-electron chi connectivity index (χ0n) is 18.5. The van der Waals surface area contributed by atoms with E-state index >= 15 is 0 Å². The molecule has 1 spiro atoms. The Bertz CT molecular complexity index is 641. The molecule has 3 atom stereocenters. The van der Waals surface area contributed by atoms with E-state index in [0.29, 0.717) is 30.0 Å². The lowest BCUT2D eigenvalue weighted by Gasteiger charge is -2.58. The van der Waals surface area contributed by atoms with Crippen LogP contribution in [-0.4, -0.2) is 76.6 Å². The van der Waals surface area contributed by atoms with E-state index in [1.807, 2.05) is 0 Å². The van der Waals surface area contributed by atoms with Crippen molar-refractivity contribution in [1.82, 2.24) is 14.7 Å². The fourth-order valence-electron chi connectivity index (χ4n) is 6.95. The lowest BCUT2D eigenvalue weighted by Crippen LogP contribution is -2.62. The highest BCUT2D eigenvalue weighted by atomic mass is 16.4. The van der Waals surface area contributed by atoms with E-state index in [1.165, 1.54) is 19.3 Å². The van der Waals surface area contributed by atoms with Gasteiger partial charge in [0.2, 0.25) is 5.91 Å². The molecule has 2 aliphatic carbocycles. The Hall–Kier alpha value is -1.30. The van der Waals surface area contributed by atoms with Crippen LogP contribution >= 0.6 is 0 Å². The molecule has 2 amide bonds. The molecule has 1 N–H and O–H groups in total. The maximum Gasteiger partial charge on any atom is 0.407 e. The van der Waals surface area contributed by atoms with E-state index in [4.69, 9.17) is 0 Å². The van der Waals surface area contributed by atoms with Gasteiger partial charge in [0.05, 0.1) is 0 Å². The van der Waals surface area contributed by atoms with Gasteiger partial charge in [-0.25, -0.2) is 4.79 Å². The summed E-state index contributed by atoms with van der Waals surface area (Å²) in [4.78, 5) is 30.2. The largest absolute Gasteiger partial charge is 0.465 e. The number of piperidine rings is 1. The normalized spacial score (nSPS) is 34.7. The molecule has 0 aromatic heterocycles. The molecule has 164 valence electrons. The van der Waals surface area contributed by atoms with E-state index in [1.54, 1.807) is 11.8 Å². The zero-order chi connectivity index (χ0) is 20.8. The lowest BCUT2D eigenvalue weighted by atomic mass is 9.54. The number of hydrogen-bond donors (Lipinski definition) is 1. The number of likely N-dealkylation sites (tertiary alicyclic amines) is 2. The molecule has 0 radical (unpaired) electrons. The molecule has 2 saturated carbocycles. The minimum atomic E-state index is -0.759. The standard InChI is InChI=1S/C23H39N3O3/c1-4-19-20(14-23(19)10-13-25(16-23)21(28)29)24-11-6-18(7-12-24)26(17(2)27)15-22(3)8-5-9-22/h18-20H,4-16H2,1-3H3,(H,28,29). The molecule has 4 fully saturated rings. The quantitative estimate of drug-likeness (QED) is 0.758. The number of hydrogen-bond acceptors (Lipinski definition) is 3. The van der Waals surface area contributed by atoms with Gasteiger partial charge in [-0.1, -0.05) is 26.7 Å². The van der Waals surface area contributed by atoms with Gasteiger partial charge in [-0.3, -0.25) is 9.69 Å². The van der Waals surface area contributed by atoms with E-state index < -0.39 is 6.09 Å². The summed E-state index contributed by atoms with van der Waals surface area (Å²) in [5.41, 5.74) is 0.563. The van der Waals surface area contributed by atoms with Crippen LogP contribution in [0.1, 0.15) is 72.1 Å². The van der Waals surface area contributed by atoms with Crippen LogP contribution in [0.2, 0.25) is 0 Å².